The molecule has 0 bridgehead atoms. The van der Waals surface area contributed by atoms with E-state index in [9.17, 15) is 5.11 Å². The Hall–Kier alpha value is -1.02. The molecule has 2 atom stereocenters. The van der Waals surface area contributed by atoms with E-state index in [4.69, 9.17) is 0 Å². The molecule has 0 aliphatic carbocycles. The molecule has 0 aromatic heterocycles. The Labute approximate surface area is 78.6 Å². The zero-order chi connectivity index (χ0) is 9.47. The van der Waals surface area contributed by atoms with Crippen LogP contribution in [0.3, 0.4) is 0 Å². The molecule has 2 rings (SSSR count). The van der Waals surface area contributed by atoms with Crippen molar-refractivity contribution in [1.82, 2.24) is 0 Å². The minimum absolute atomic E-state index is 0.128. The maximum atomic E-state index is 9.72. The van der Waals surface area contributed by atoms with Crippen molar-refractivity contribution >= 4 is 5.69 Å². The first-order chi connectivity index (χ1) is 6.14. The van der Waals surface area contributed by atoms with Gasteiger partial charge in [0.15, 0.2) is 0 Å². The molecule has 2 nitrogen and oxygen atoms in total. The van der Waals surface area contributed by atoms with E-state index in [-0.39, 0.29) is 11.5 Å². The average Bonchev–Trinajstić information content (AvgIpc) is 2.47. The highest BCUT2D eigenvalue weighted by atomic mass is 16.3. The van der Waals surface area contributed by atoms with Crippen LogP contribution in [-0.4, -0.2) is 17.8 Å². The molecule has 0 spiro atoms. The second kappa shape index (κ2) is 2.74. The molecule has 1 aliphatic rings. The molecule has 2 heteroatoms. The van der Waals surface area contributed by atoms with Crippen LogP contribution in [0.1, 0.15) is 19.4 Å². The van der Waals surface area contributed by atoms with E-state index >= 15 is 0 Å². The molecule has 13 heavy (non-hydrogen) atoms. The van der Waals surface area contributed by atoms with E-state index in [0.717, 1.165) is 12.2 Å². The average molecular weight is 177 g/mol. The Morgan fingerprint density at radius 3 is 2.85 bits per heavy atom. The van der Waals surface area contributed by atoms with Gasteiger partial charge in [-0.25, -0.2) is 0 Å². The molecule has 0 amide bonds. The molecule has 1 heterocycles. The summed E-state index contributed by atoms with van der Waals surface area (Å²) >= 11 is 0. The lowest BCUT2D eigenvalue weighted by atomic mass is 9.80. The highest BCUT2D eigenvalue weighted by molar-refractivity contribution is 5.60. The lowest BCUT2D eigenvalue weighted by Crippen LogP contribution is -2.36. The van der Waals surface area contributed by atoms with E-state index in [1.54, 1.807) is 0 Å². The Bertz CT molecular complexity index is 322. The SMILES string of the molecule is CC(O)C1(C)CNc2ccccc21. The van der Waals surface area contributed by atoms with Gasteiger partial charge in [-0.1, -0.05) is 25.1 Å². The minimum Gasteiger partial charge on any atom is -0.392 e. The van der Waals surface area contributed by atoms with Crippen molar-refractivity contribution in [2.45, 2.75) is 25.4 Å². The Morgan fingerprint density at radius 1 is 1.46 bits per heavy atom. The molecule has 0 radical (unpaired) electrons. The van der Waals surface area contributed by atoms with Crippen LogP contribution in [0.15, 0.2) is 24.3 Å². The fourth-order valence-corrected chi connectivity index (χ4v) is 1.88. The van der Waals surface area contributed by atoms with E-state index in [2.05, 4.69) is 24.4 Å². The van der Waals surface area contributed by atoms with Crippen molar-refractivity contribution in [3.05, 3.63) is 29.8 Å². The fourth-order valence-electron chi connectivity index (χ4n) is 1.88. The van der Waals surface area contributed by atoms with Crippen molar-refractivity contribution in [2.75, 3.05) is 11.9 Å². The molecule has 0 fully saturated rings. The molecule has 1 aromatic carbocycles. The summed E-state index contributed by atoms with van der Waals surface area (Å²) in [6.07, 6.45) is -0.316. The van der Waals surface area contributed by atoms with Gasteiger partial charge in [0.1, 0.15) is 0 Å². The Balaban J connectivity index is 2.49. The topological polar surface area (TPSA) is 32.3 Å². The molecular weight excluding hydrogens is 162 g/mol. The molecule has 0 saturated carbocycles. The zero-order valence-electron chi connectivity index (χ0n) is 8.04. The van der Waals surface area contributed by atoms with Crippen LogP contribution in [0.5, 0.6) is 0 Å². The molecule has 0 saturated heterocycles. The number of aliphatic hydroxyl groups is 1. The first-order valence-corrected chi connectivity index (χ1v) is 4.66. The Morgan fingerprint density at radius 2 is 2.15 bits per heavy atom. The summed E-state index contributed by atoms with van der Waals surface area (Å²) in [7, 11) is 0. The summed E-state index contributed by atoms with van der Waals surface area (Å²) in [4.78, 5) is 0. The monoisotopic (exact) mass is 177 g/mol. The van der Waals surface area contributed by atoms with Gasteiger partial charge in [0.25, 0.3) is 0 Å². The molecular formula is C11H15NO. The largest absolute Gasteiger partial charge is 0.392 e. The molecule has 1 aliphatic heterocycles. The summed E-state index contributed by atoms with van der Waals surface area (Å²) in [6.45, 7) is 4.77. The molecule has 70 valence electrons. The molecule has 2 N–H and O–H groups in total. The predicted molar refractivity (Wildman–Crippen MR) is 54.0 cm³/mol. The lowest BCUT2D eigenvalue weighted by molar-refractivity contribution is 0.118. The van der Waals surface area contributed by atoms with Crippen LogP contribution < -0.4 is 5.32 Å². The van der Waals surface area contributed by atoms with Crippen molar-refractivity contribution in [3.63, 3.8) is 0 Å². The van der Waals surface area contributed by atoms with E-state index < -0.39 is 0 Å². The highest BCUT2D eigenvalue weighted by Crippen LogP contribution is 2.38. The highest BCUT2D eigenvalue weighted by Gasteiger charge is 2.38. The first kappa shape index (κ1) is 8.57. The van der Waals surface area contributed by atoms with Crippen LogP contribution in [0.2, 0.25) is 0 Å². The van der Waals surface area contributed by atoms with Gasteiger partial charge in [-0.15, -0.1) is 0 Å². The number of hydrogen-bond donors (Lipinski definition) is 2. The van der Waals surface area contributed by atoms with Crippen molar-refractivity contribution in [3.8, 4) is 0 Å². The van der Waals surface area contributed by atoms with E-state index in [1.807, 2.05) is 19.1 Å². The number of anilines is 1. The number of nitrogens with one attached hydrogen (secondary N) is 1. The quantitative estimate of drug-likeness (QED) is 0.685. The Kier molecular flexibility index (Phi) is 1.81. The maximum Gasteiger partial charge on any atom is 0.0623 e. The number of hydrogen-bond acceptors (Lipinski definition) is 2. The maximum absolute atomic E-state index is 9.72. The smallest absolute Gasteiger partial charge is 0.0623 e. The molecule has 1 aromatic rings. The summed E-state index contributed by atoms with van der Waals surface area (Å²) in [5.41, 5.74) is 2.26. The number of aliphatic hydroxyl groups excluding tert-OH is 1. The first-order valence-electron chi connectivity index (χ1n) is 4.66. The van der Waals surface area contributed by atoms with Gasteiger partial charge in [0.05, 0.1) is 6.10 Å². The van der Waals surface area contributed by atoms with Crippen molar-refractivity contribution in [1.29, 1.82) is 0 Å². The number of rotatable bonds is 1. The third-order valence-electron chi connectivity index (χ3n) is 3.11. The predicted octanol–water partition coefficient (Wildman–Crippen LogP) is 1.75. The summed E-state index contributed by atoms with van der Waals surface area (Å²) in [6, 6.07) is 8.18. The van der Waals surface area contributed by atoms with Crippen LogP contribution >= 0.6 is 0 Å². The van der Waals surface area contributed by atoms with Gasteiger partial charge in [0.2, 0.25) is 0 Å². The lowest BCUT2D eigenvalue weighted by Gasteiger charge is -2.27. The second-order valence-corrected chi connectivity index (χ2v) is 3.99. The zero-order valence-corrected chi connectivity index (χ0v) is 8.04. The third-order valence-corrected chi connectivity index (χ3v) is 3.11. The van der Waals surface area contributed by atoms with E-state index in [0.29, 0.717) is 0 Å². The number of benzene rings is 1. The normalized spacial score (nSPS) is 27.9. The number of fused-ring (bicyclic) bond motifs is 1. The fraction of sp³-hybridized carbons (Fsp3) is 0.455. The van der Waals surface area contributed by atoms with Crippen LogP contribution in [0, 0.1) is 0 Å². The summed E-state index contributed by atoms with van der Waals surface area (Å²) in [5, 5.41) is 13.0. The summed E-state index contributed by atoms with van der Waals surface area (Å²) in [5.74, 6) is 0. The summed E-state index contributed by atoms with van der Waals surface area (Å²) < 4.78 is 0. The van der Waals surface area contributed by atoms with Gasteiger partial charge in [-0.2, -0.15) is 0 Å². The van der Waals surface area contributed by atoms with Crippen molar-refractivity contribution in [2.24, 2.45) is 0 Å². The molecule has 2 unspecified atom stereocenters. The van der Waals surface area contributed by atoms with Crippen molar-refractivity contribution < 1.29 is 5.11 Å². The van der Waals surface area contributed by atoms with Gasteiger partial charge >= 0.3 is 0 Å². The third kappa shape index (κ3) is 1.13. The van der Waals surface area contributed by atoms with Gasteiger partial charge < -0.3 is 10.4 Å². The van der Waals surface area contributed by atoms with Gasteiger partial charge in [-0.3, -0.25) is 0 Å². The van der Waals surface area contributed by atoms with Crippen LogP contribution in [0.4, 0.5) is 5.69 Å². The standard InChI is InChI=1S/C11H15NO/c1-8(13)11(2)7-12-10-6-4-3-5-9(10)11/h3-6,8,12-13H,7H2,1-2H3. The van der Waals surface area contributed by atoms with E-state index in [1.165, 1.54) is 5.56 Å². The van der Waals surface area contributed by atoms with Crippen LogP contribution in [-0.2, 0) is 5.41 Å². The van der Waals surface area contributed by atoms with Crippen LogP contribution in [0.25, 0.3) is 0 Å². The van der Waals surface area contributed by atoms with Gasteiger partial charge in [-0.05, 0) is 18.6 Å². The second-order valence-electron chi connectivity index (χ2n) is 3.99. The van der Waals surface area contributed by atoms with Gasteiger partial charge in [0, 0.05) is 17.6 Å². The minimum atomic E-state index is -0.316. The number of para-hydroxylation sites is 1.